The zero-order valence-electron chi connectivity index (χ0n) is 16.7. The predicted molar refractivity (Wildman–Crippen MR) is 106 cm³/mol. The molecular weight excluding hydrogens is 383 g/mol. The number of rotatable bonds is 4. The summed E-state index contributed by atoms with van der Waals surface area (Å²) in [6.45, 7) is -0.220. The molecule has 1 N–H and O–H groups in total. The molecule has 2 bridgehead atoms. The van der Waals surface area contributed by atoms with E-state index in [4.69, 9.17) is 0 Å². The molecule has 5 nitrogen and oxygen atoms in total. The number of carbonyl (C=O) groups is 3. The Kier molecular flexibility index (Phi) is 3.81. The first-order chi connectivity index (χ1) is 14.5. The van der Waals surface area contributed by atoms with Crippen molar-refractivity contribution in [1.82, 2.24) is 10.2 Å². The van der Waals surface area contributed by atoms with Gasteiger partial charge < -0.3 is 5.32 Å². The molecule has 0 radical (unpaired) electrons. The molecule has 156 valence electrons. The van der Waals surface area contributed by atoms with Gasteiger partial charge in [-0.25, -0.2) is 4.39 Å². The van der Waals surface area contributed by atoms with E-state index in [0.29, 0.717) is 11.8 Å². The van der Waals surface area contributed by atoms with Crippen molar-refractivity contribution in [2.45, 2.75) is 37.6 Å². The lowest BCUT2D eigenvalue weighted by Crippen LogP contribution is -2.49. The van der Waals surface area contributed by atoms with E-state index in [1.165, 1.54) is 17.0 Å². The zero-order chi connectivity index (χ0) is 20.6. The van der Waals surface area contributed by atoms with Gasteiger partial charge >= 0.3 is 0 Å². The molecule has 3 amide bonds. The lowest BCUT2D eigenvalue weighted by Gasteiger charge is -2.37. The molecule has 30 heavy (non-hydrogen) atoms. The Bertz CT molecular complexity index is 929. The summed E-state index contributed by atoms with van der Waals surface area (Å²) < 4.78 is 13.4. The van der Waals surface area contributed by atoms with Crippen LogP contribution < -0.4 is 5.32 Å². The maximum Gasteiger partial charge on any atom is 0.240 e. The van der Waals surface area contributed by atoms with E-state index in [-0.39, 0.29) is 53.8 Å². The van der Waals surface area contributed by atoms with Gasteiger partial charge in [-0.05, 0) is 60.6 Å². The molecule has 0 aromatic heterocycles. The normalized spacial score (nSPS) is 37.3. The summed E-state index contributed by atoms with van der Waals surface area (Å²) in [5.74, 6) is -0.103. The van der Waals surface area contributed by atoms with Crippen LogP contribution in [0.3, 0.4) is 0 Å². The number of allylic oxidation sites excluding steroid dienone is 2. The highest BCUT2D eigenvalue weighted by molar-refractivity contribution is 6.08. The minimum absolute atomic E-state index is 0.162. The second kappa shape index (κ2) is 6.25. The maximum absolute atomic E-state index is 13.4. The molecule has 1 aliphatic heterocycles. The Balaban J connectivity index is 1.21. The van der Waals surface area contributed by atoms with Crippen LogP contribution in [0, 0.1) is 41.3 Å². The molecule has 6 heteroatoms. The molecule has 6 atom stereocenters. The van der Waals surface area contributed by atoms with Gasteiger partial charge in [0.25, 0.3) is 0 Å². The van der Waals surface area contributed by atoms with Crippen LogP contribution in [-0.2, 0) is 19.9 Å². The highest BCUT2D eigenvalue weighted by Crippen LogP contribution is 2.65. The molecule has 4 fully saturated rings. The Morgan fingerprint density at radius 2 is 1.57 bits per heavy atom. The van der Waals surface area contributed by atoms with Crippen molar-refractivity contribution in [1.29, 1.82) is 0 Å². The smallest absolute Gasteiger partial charge is 0.240 e. The minimum atomic E-state index is -0.550. The first-order valence-corrected chi connectivity index (χ1v) is 11.1. The van der Waals surface area contributed by atoms with E-state index in [1.54, 1.807) is 12.1 Å². The molecule has 5 aliphatic carbocycles. The molecule has 1 aromatic carbocycles. The van der Waals surface area contributed by atoms with Crippen molar-refractivity contribution < 1.29 is 18.8 Å². The fraction of sp³-hybridized carbons (Fsp3) is 0.542. The standard InChI is InChI=1S/C24H25FN2O3/c25-14-5-3-13(4-6-14)24(9-1-2-10-24)26-19(28)12-27-22(29)20-15-7-8-16(18-11-17(15)18)21(20)23(27)30/h3-8,15-18,20-21H,1-2,9-12H2,(H,26,28)/t15-,16-,17-,18+,20+,21+/m0/s1. The Hall–Kier alpha value is -2.50. The van der Waals surface area contributed by atoms with E-state index in [0.717, 1.165) is 37.7 Å². The van der Waals surface area contributed by atoms with Crippen LogP contribution in [0.4, 0.5) is 4.39 Å². The first-order valence-electron chi connectivity index (χ1n) is 11.1. The van der Waals surface area contributed by atoms with Gasteiger partial charge in [0, 0.05) is 0 Å². The van der Waals surface area contributed by atoms with Crippen LogP contribution in [0.5, 0.6) is 0 Å². The van der Waals surface area contributed by atoms with Crippen molar-refractivity contribution in [3.05, 3.63) is 47.8 Å². The van der Waals surface area contributed by atoms with Gasteiger partial charge in [0.05, 0.1) is 17.4 Å². The average molecular weight is 408 g/mol. The van der Waals surface area contributed by atoms with Gasteiger partial charge in [-0.3, -0.25) is 19.3 Å². The Morgan fingerprint density at radius 1 is 1.00 bits per heavy atom. The number of imide groups is 1. The number of amides is 3. The lowest BCUT2D eigenvalue weighted by molar-refractivity contribution is -0.144. The number of hydrogen-bond donors (Lipinski definition) is 1. The van der Waals surface area contributed by atoms with Crippen LogP contribution in [-0.4, -0.2) is 29.2 Å². The quantitative estimate of drug-likeness (QED) is 0.615. The summed E-state index contributed by atoms with van der Waals surface area (Å²) >= 11 is 0. The van der Waals surface area contributed by atoms with Gasteiger partial charge in [0.1, 0.15) is 12.4 Å². The van der Waals surface area contributed by atoms with Crippen LogP contribution in [0.2, 0.25) is 0 Å². The zero-order valence-corrected chi connectivity index (χ0v) is 16.7. The molecule has 0 spiro atoms. The summed E-state index contributed by atoms with van der Waals surface area (Å²) in [7, 11) is 0. The summed E-state index contributed by atoms with van der Waals surface area (Å²) in [5, 5.41) is 3.11. The van der Waals surface area contributed by atoms with Crippen LogP contribution in [0.1, 0.15) is 37.7 Å². The van der Waals surface area contributed by atoms with Gasteiger partial charge in [-0.2, -0.15) is 0 Å². The molecule has 1 heterocycles. The molecule has 6 aliphatic rings. The summed E-state index contributed by atoms with van der Waals surface area (Å²) in [5.41, 5.74) is 0.329. The SMILES string of the molecule is O=C(CN1C(=O)[C@@H]2[C@H]3C=C[C@@H]([C@@H]4C[C@H]34)[C@H]2C1=O)NC1(c2ccc(F)cc2)CCCC1. The maximum atomic E-state index is 13.4. The Labute approximate surface area is 174 Å². The molecular formula is C24H25FN2O3. The third-order valence-electron chi connectivity index (χ3n) is 8.29. The fourth-order valence-corrected chi connectivity index (χ4v) is 6.86. The van der Waals surface area contributed by atoms with Gasteiger partial charge in [0.15, 0.2) is 0 Å². The van der Waals surface area contributed by atoms with E-state index < -0.39 is 5.54 Å². The van der Waals surface area contributed by atoms with Crippen molar-refractivity contribution in [2.75, 3.05) is 6.54 Å². The van der Waals surface area contributed by atoms with Crippen LogP contribution in [0.15, 0.2) is 36.4 Å². The number of halogens is 1. The largest absolute Gasteiger partial charge is 0.345 e. The Morgan fingerprint density at radius 3 is 2.13 bits per heavy atom. The number of hydrogen-bond acceptors (Lipinski definition) is 3. The van der Waals surface area contributed by atoms with Gasteiger partial charge in [0.2, 0.25) is 17.7 Å². The highest BCUT2D eigenvalue weighted by Gasteiger charge is 2.67. The van der Waals surface area contributed by atoms with Crippen molar-refractivity contribution in [3.63, 3.8) is 0 Å². The third-order valence-corrected chi connectivity index (χ3v) is 8.29. The third kappa shape index (κ3) is 2.48. The number of nitrogens with zero attached hydrogens (tertiary/aromatic N) is 1. The summed E-state index contributed by atoms with van der Waals surface area (Å²) in [6.07, 6.45) is 8.89. The van der Waals surface area contributed by atoms with Gasteiger partial charge in [-0.15, -0.1) is 0 Å². The van der Waals surface area contributed by atoms with E-state index >= 15 is 0 Å². The van der Waals surface area contributed by atoms with E-state index in [2.05, 4.69) is 17.5 Å². The number of likely N-dealkylation sites (tertiary alicyclic amines) is 1. The second-order valence-electron chi connectivity index (χ2n) is 9.76. The second-order valence-corrected chi connectivity index (χ2v) is 9.76. The lowest BCUT2D eigenvalue weighted by atomic mass is 9.63. The topological polar surface area (TPSA) is 66.5 Å². The van der Waals surface area contributed by atoms with Crippen molar-refractivity contribution in [2.24, 2.45) is 35.5 Å². The number of benzene rings is 1. The highest BCUT2D eigenvalue weighted by atomic mass is 19.1. The first kappa shape index (κ1) is 18.3. The van der Waals surface area contributed by atoms with Gasteiger partial charge in [-0.1, -0.05) is 37.1 Å². The summed E-state index contributed by atoms with van der Waals surface area (Å²) in [6, 6.07) is 6.26. The number of nitrogens with one attached hydrogen (secondary N) is 1. The van der Waals surface area contributed by atoms with Crippen molar-refractivity contribution in [3.8, 4) is 0 Å². The average Bonchev–Trinajstić information content (AvgIpc) is 3.39. The molecule has 1 saturated heterocycles. The fourth-order valence-electron chi connectivity index (χ4n) is 6.86. The van der Waals surface area contributed by atoms with E-state index in [9.17, 15) is 18.8 Å². The van der Waals surface area contributed by atoms with E-state index in [1.807, 2.05) is 0 Å². The molecule has 3 saturated carbocycles. The summed E-state index contributed by atoms with van der Waals surface area (Å²) in [4.78, 5) is 40.4. The van der Waals surface area contributed by atoms with Crippen molar-refractivity contribution >= 4 is 17.7 Å². The minimum Gasteiger partial charge on any atom is -0.345 e. The molecule has 7 rings (SSSR count). The predicted octanol–water partition coefficient (Wildman–Crippen LogP) is 2.76. The number of carbonyl (C=O) groups excluding carboxylic acids is 3. The van der Waals surface area contributed by atoms with Crippen LogP contribution in [0.25, 0.3) is 0 Å². The molecule has 1 aromatic rings. The van der Waals surface area contributed by atoms with Crippen LogP contribution >= 0.6 is 0 Å². The monoisotopic (exact) mass is 408 g/mol. The molecule has 0 unspecified atom stereocenters.